The van der Waals surface area contributed by atoms with Gasteiger partial charge in [0, 0.05) is 31.9 Å². The maximum atomic E-state index is 6.01. The molecule has 1 aliphatic carbocycles. The van der Waals surface area contributed by atoms with Gasteiger partial charge in [0.05, 0.1) is 6.07 Å². The van der Waals surface area contributed by atoms with Gasteiger partial charge < -0.3 is 9.32 Å². The van der Waals surface area contributed by atoms with Crippen LogP contribution in [0.2, 0.25) is 0 Å². The van der Waals surface area contributed by atoms with Crippen molar-refractivity contribution in [1.82, 2.24) is 9.56 Å². The number of rotatable bonds is 1. The number of benzene rings is 2. The smallest absolute Gasteiger partial charge is 0.203 e. The van der Waals surface area contributed by atoms with E-state index in [0.717, 1.165) is 33.6 Å². The van der Waals surface area contributed by atoms with Gasteiger partial charge >= 0.3 is 0 Å². The monoisotopic (exact) mass is 268 g/mol. The second-order valence-electron chi connectivity index (χ2n) is 5.31. The van der Waals surface area contributed by atoms with Crippen LogP contribution in [0.1, 0.15) is 0 Å². The summed E-state index contributed by atoms with van der Waals surface area (Å²) in [6.45, 7) is 0. The van der Waals surface area contributed by atoms with E-state index < -0.39 is 0 Å². The molecule has 0 saturated heterocycles. The van der Waals surface area contributed by atoms with E-state index in [2.05, 4.69) is 14.5 Å². The number of nitrogens with zero attached hydrogens (tertiary/aromatic N) is 3. The van der Waals surface area contributed by atoms with Gasteiger partial charge in [-0.05, 0) is 18.2 Å². The van der Waals surface area contributed by atoms with Crippen LogP contribution in [0.3, 0.4) is 0 Å². The Kier molecular flexibility index (Phi) is 2.93. The fourth-order valence-electron chi connectivity index (χ4n) is 2.16. The molecule has 0 radical (unpaired) electrons. The summed E-state index contributed by atoms with van der Waals surface area (Å²) < 4.78 is 8.06. The summed E-state index contributed by atoms with van der Waals surface area (Å²) in [5.74, 6) is 0.805. The Labute approximate surface area is 117 Å². The van der Waals surface area contributed by atoms with Crippen molar-refractivity contribution >= 4 is 16.8 Å². The lowest BCUT2D eigenvalue weighted by molar-refractivity contribution is 0.610. The molecule has 0 bridgehead atoms. The molecule has 2 aliphatic rings. The van der Waals surface area contributed by atoms with Crippen LogP contribution in [0.5, 0.6) is 0 Å². The lowest BCUT2D eigenvalue weighted by Crippen LogP contribution is -2.21. The summed E-state index contributed by atoms with van der Waals surface area (Å²) in [4.78, 5) is 6.70. The molecule has 4 nitrogen and oxygen atoms in total. The number of hydrogen-bond donors (Lipinski definition) is 0. The molecular formula is C16H18N3O+. The molecule has 20 heavy (non-hydrogen) atoms. The van der Waals surface area contributed by atoms with Crippen LogP contribution in [0.15, 0.2) is 40.8 Å². The number of anilines is 1. The van der Waals surface area contributed by atoms with Crippen LogP contribution in [-0.4, -0.2) is 33.2 Å². The predicted molar refractivity (Wildman–Crippen MR) is 82.1 cm³/mol. The molecule has 0 spiro atoms. The molecule has 1 aliphatic heterocycles. The number of aromatic nitrogens is 1. The summed E-state index contributed by atoms with van der Waals surface area (Å²) in [5, 5.41) is 1.10. The van der Waals surface area contributed by atoms with Crippen molar-refractivity contribution in [3.8, 4) is 11.5 Å². The molecule has 3 rings (SSSR count). The van der Waals surface area contributed by atoms with Gasteiger partial charge in [0.25, 0.3) is 0 Å². The van der Waals surface area contributed by atoms with E-state index >= 15 is 0 Å². The number of fused-ring (bicyclic) bond motifs is 2. The van der Waals surface area contributed by atoms with E-state index in [1.54, 1.807) is 0 Å². The third-order valence-corrected chi connectivity index (χ3v) is 3.38. The Morgan fingerprint density at radius 3 is 2.55 bits per heavy atom. The van der Waals surface area contributed by atoms with Gasteiger partial charge in [-0.25, -0.2) is 9.56 Å². The van der Waals surface area contributed by atoms with Crippen LogP contribution in [0.25, 0.3) is 22.6 Å². The van der Waals surface area contributed by atoms with Crippen LogP contribution in [0.4, 0.5) is 5.69 Å². The standard InChI is InChI=1S/C16H18N3O/c1-18(2)11-5-7-13-15(9-11)20-16-10-12(19(3)4)6-8-14(16)17-13/h5-10H,1-4H3/q+1. The SMILES string of the molecule is CN(C)c1ccc2nc3ccc(=[N+](C)C)cc-3oc2c1. The minimum Gasteiger partial charge on any atom is -0.452 e. The van der Waals surface area contributed by atoms with E-state index in [1.807, 2.05) is 64.6 Å². The van der Waals surface area contributed by atoms with E-state index in [0.29, 0.717) is 0 Å². The Morgan fingerprint density at radius 1 is 1.05 bits per heavy atom. The predicted octanol–water partition coefficient (Wildman–Crippen LogP) is 2.03. The Balaban J connectivity index is 2.31. The molecular weight excluding hydrogens is 250 g/mol. The molecule has 0 unspecified atom stereocenters. The molecule has 0 aromatic heterocycles. The van der Waals surface area contributed by atoms with Gasteiger partial charge in [-0.15, -0.1) is 0 Å². The van der Waals surface area contributed by atoms with Crippen LogP contribution in [-0.2, 0) is 0 Å². The van der Waals surface area contributed by atoms with Crippen molar-refractivity contribution in [3.05, 3.63) is 41.8 Å². The van der Waals surface area contributed by atoms with E-state index in [1.165, 1.54) is 0 Å². The topological polar surface area (TPSA) is 32.3 Å². The van der Waals surface area contributed by atoms with Gasteiger partial charge in [-0.3, -0.25) is 0 Å². The Bertz CT molecular complexity index is 813. The van der Waals surface area contributed by atoms with Gasteiger partial charge in [-0.2, -0.15) is 0 Å². The molecule has 0 N–H and O–H groups in total. The first-order valence-corrected chi connectivity index (χ1v) is 6.57. The zero-order chi connectivity index (χ0) is 14.3. The quantitative estimate of drug-likeness (QED) is 0.500. The normalized spacial score (nSPS) is 11.0. The molecule has 102 valence electrons. The van der Waals surface area contributed by atoms with Gasteiger partial charge in [0.1, 0.15) is 25.3 Å². The minimum atomic E-state index is 0.805. The molecule has 1 aromatic rings. The molecule has 0 fully saturated rings. The van der Waals surface area contributed by atoms with Gasteiger partial charge in [-0.1, -0.05) is 0 Å². The summed E-state index contributed by atoms with van der Waals surface area (Å²) >= 11 is 0. The summed E-state index contributed by atoms with van der Waals surface area (Å²) in [6.07, 6.45) is 0. The van der Waals surface area contributed by atoms with E-state index in [-0.39, 0.29) is 0 Å². The zero-order valence-corrected chi connectivity index (χ0v) is 12.2. The highest BCUT2D eigenvalue weighted by Gasteiger charge is 2.11. The highest BCUT2D eigenvalue weighted by molar-refractivity contribution is 5.79. The number of hydrogen-bond acceptors (Lipinski definition) is 3. The average Bonchev–Trinajstić information content (AvgIpc) is 2.43. The van der Waals surface area contributed by atoms with Crippen molar-refractivity contribution in [3.63, 3.8) is 0 Å². The van der Waals surface area contributed by atoms with Gasteiger partial charge in [0.15, 0.2) is 11.3 Å². The van der Waals surface area contributed by atoms with Crippen LogP contribution < -0.4 is 14.8 Å². The molecule has 0 atom stereocenters. The summed E-state index contributed by atoms with van der Waals surface area (Å²) in [5.41, 5.74) is 3.66. The largest absolute Gasteiger partial charge is 0.452 e. The highest BCUT2D eigenvalue weighted by Crippen LogP contribution is 2.26. The molecule has 0 saturated carbocycles. The lowest BCUT2D eigenvalue weighted by Gasteiger charge is -2.13. The fraction of sp³-hybridized carbons (Fsp3) is 0.250. The second kappa shape index (κ2) is 4.63. The summed E-state index contributed by atoms with van der Waals surface area (Å²) in [6, 6.07) is 12.1. The van der Waals surface area contributed by atoms with Gasteiger partial charge in [0.2, 0.25) is 5.36 Å². The van der Waals surface area contributed by atoms with Crippen molar-refractivity contribution in [1.29, 1.82) is 0 Å². The first-order chi connectivity index (χ1) is 9.54. The van der Waals surface area contributed by atoms with Crippen LogP contribution in [0, 0.1) is 0 Å². The molecule has 0 amide bonds. The zero-order valence-electron chi connectivity index (χ0n) is 12.2. The maximum Gasteiger partial charge on any atom is 0.203 e. The van der Waals surface area contributed by atoms with E-state index in [4.69, 9.17) is 4.42 Å². The maximum absolute atomic E-state index is 6.01. The molecule has 1 aromatic carbocycles. The third kappa shape index (κ3) is 2.13. The first kappa shape index (κ1) is 12.7. The van der Waals surface area contributed by atoms with Crippen molar-refractivity contribution in [2.75, 3.05) is 33.1 Å². The van der Waals surface area contributed by atoms with Crippen molar-refractivity contribution < 1.29 is 4.42 Å². The molecule has 1 heterocycles. The lowest BCUT2D eigenvalue weighted by atomic mass is 10.2. The average molecular weight is 268 g/mol. The second-order valence-corrected chi connectivity index (χ2v) is 5.31. The summed E-state index contributed by atoms with van der Waals surface area (Å²) in [7, 11) is 8.05. The van der Waals surface area contributed by atoms with Crippen LogP contribution >= 0.6 is 0 Å². The van der Waals surface area contributed by atoms with Crippen molar-refractivity contribution in [2.45, 2.75) is 0 Å². The van der Waals surface area contributed by atoms with Crippen molar-refractivity contribution in [2.24, 2.45) is 0 Å². The Morgan fingerprint density at radius 2 is 1.85 bits per heavy atom. The van der Waals surface area contributed by atoms with E-state index in [9.17, 15) is 0 Å². The first-order valence-electron chi connectivity index (χ1n) is 6.57. The Hall–Kier alpha value is -2.36. The third-order valence-electron chi connectivity index (χ3n) is 3.38. The fourth-order valence-corrected chi connectivity index (χ4v) is 2.16. The minimum absolute atomic E-state index is 0.805. The molecule has 4 heteroatoms. The highest BCUT2D eigenvalue weighted by atomic mass is 16.3.